The van der Waals surface area contributed by atoms with Crippen molar-refractivity contribution in [3.8, 4) is 0 Å². The van der Waals surface area contributed by atoms with Crippen LogP contribution in [-0.2, 0) is 17.6 Å². The Labute approximate surface area is 179 Å². The van der Waals surface area contributed by atoms with E-state index in [0.29, 0.717) is 12.3 Å². The molecule has 0 bridgehead atoms. The van der Waals surface area contributed by atoms with Gasteiger partial charge in [0.25, 0.3) is 0 Å². The number of benzene rings is 1. The third-order valence-electron chi connectivity index (χ3n) is 5.82. The van der Waals surface area contributed by atoms with Crippen LogP contribution in [0.2, 0.25) is 0 Å². The van der Waals surface area contributed by atoms with Gasteiger partial charge in [0.2, 0.25) is 5.91 Å². The summed E-state index contributed by atoms with van der Waals surface area (Å²) in [4.78, 5) is 23.7. The molecule has 2 aromatic heterocycles. The van der Waals surface area contributed by atoms with Gasteiger partial charge in [-0.15, -0.1) is 0 Å². The van der Waals surface area contributed by atoms with Crippen LogP contribution < -0.4 is 0 Å². The number of likely N-dealkylation sites (tertiary alicyclic amines) is 1. The number of aryl methyl sites for hydroxylation is 2. The molecule has 4 nitrogen and oxygen atoms in total. The van der Waals surface area contributed by atoms with E-state index in [4.69, 9.17) is 4.98 Å². The van der Waals surface area contributed by atoms with E-state index in [1.54, 1.807) is 12.4 Å². The van der Waals surface area contributed by atoms with E-state index in [1.807, 2.05) is 17.0 Å². The SMILES string of the molecule is Cc1cccc(Cc2cc(C)nc([C@H]3CCCN(C(=O)Cc4ccncc4)C3)c2)c1. The standard InChI is InChI=1S/C26H29N3O/c1-19-5-3-6-22(13-19)15-23-14-20(2)28-25(16-23)24-7-4-12-29(18-24)26(30)17-21-8-10-27-11-9-21/h3,5-6,8-11,13-14,16,24H,4,7,12,15,17-18H2,1-2H3/t24-/m0/s1. The summed E-state index contributed by atoms with van der Waals surface area (Å²) in [5.41, 5.74) is 7.10. The molecule has 3 aromatic rings. The maximum atomic E-state index is 12.8. The lowest BCUT2D eigenvalue weighted by atomic mass is 9.92. The van der Waals surface area contributed by atoms with Crippen molar-refractivity contribution >= 4 is 5.91 Å². The first-order valence-electron chi connectivity index (χ1n) is 10.8. The number of hydrogen-bond donors (Lipinski definition) is 0. The van der Waals surface area contributed by atoms with Crippen LogP contribution in [0.15, 0.2) is 60.9 Å². The zero-order chi connectivity index (χ0) is 20.9. The molecule has 1 atom stereocenters. The van der Waals surface area contributed by atoms with E-state index in [0.717, 1.165) is 49.3 Å². The highest BCUT2D eigenvalue weighted by atomic mass is 16.2. The van der Waals surface area contributed by atoms with Gasteiger partial charge >= 0.3 is 0 Å². The van der Waals surface area contributed by atoms with Gasteiger partial charge in [-0.2, -0.15) is 0 Å². The maximum Gasteiger partial charge on any atom is 0.227 e. The van der Waals surface area contributed by atoms with Gasteiger partial charge in [0, 0.05) is 42.8 Å². The Hall–Kier alpha value is -3.01. The third-order valence-corrected chi connectivity index (χ3v) is 5.82. The largest absolute Gasteiger partial charge is 0.342 e. The molecule has 0 radical (unpaired) electrons. The first kappa shape index (κ1) is 20.3. The molecule has 0 spiro atoms. The topological polar surface area (TPSA) is 46.1 Å². The lowest BCUT2D eigenvalue weighted by Gasteiger charge is -2.33. The van der Waals surface area contributed by atoms with Gasteiger partial charge in [-0.05, 0) is 74.1 Å². The molecular formula is C26H29N3O. The Morgan fingerprint density at radius 3 is 2.67 bits per heavy atom. The summed E-state index contributed by atoms with van der Waals surface area (Å²) in [5.74, 6) is 0.495. The van der Waals surface area contributed by atoms with Crippen LogP contribution in [0.1, 0.15) is 52.4 Å². The van der Waals surface area contributed by atoms with Crippen LogP contribution in [0.4, 0.5) is 0 Å². The van der Waals surface area contributed by atoms with Gasteiger partial charge in [-0.3, -0.25) is 14.8 Å². The van der Waals surface area contributed by atoms with E-state index in [1.165, 1.54) is 16.7 Å². The van der Waals surface area contributed by atoms with Gasteiger partial charge in [0.15, 0.2) is 0 Å². The second kappa shape index (κ2) is 9.21. The molecule has 0 N–H and O–H groups in total. The van der Waals surface area contributed by atoms with Crippen LogP contribution in [0.5, 0.6) is 0 Å². The minimum atomic E-state index is 0.193. The molecule has 0 unspecified atom stereocenters. The fourth-order valence-electron chi connectivity index (χ4n) is 4.37. The zero-order valence-corrected chi connectivity index (χ0v) is 17.8. The van der Waals surface area contributed by atoms with Gasteiger partial charge in [0.1, 0.15) is 0 Å². The zero-order valence-electron chi connectivity index (χ0n) is 17.8. The molecular weight excluding hydrogens is 370 g/mol. The Bertz CT molecular complexity index is 1020. The van der Waals surface area contributed by atoms with Crippen LogP contribution in [0.25, 0.3) is 0 Å². The Kier molecular flexibility index (Phi) is 6.22. The first-order chi connectivity index (χ1) is 14.6. The monoisotopic (exact) mass is 399 g/mol. The number of aromatic nitrogens is 2. The van der Waals surface area contributed by atoms with Crippen LogP contribution in [-0.4, -0.2) is 33.9 Å². The molecule has 3 heterocycles. The van der Waals surface area contributed by atoms with Crippen molar-refractivity contribution in [2.45, 2.75) is 45.4 Å². The number of hydrogen-bond acceptors (Lipinski definition) is 3. The van der Waals surface area contributed by atoms with Crippen LogP contribution >= 0.6 is 0 Å². The maximum absolute atomic E-state index is 12.8. The Balaban J connectivity index is 1.47. The fraction of sp³-hybridized carbons (Fsp3) is 0.346. The van der Waals surface area contributed by atoms with Crippen molar-refractivity contribution in [1.82, 2.24) is 14.9 Å². The van der Waals surface area contributed by atoms with E-state index >= 15 is 0 Å². The number of rotatable bonds is 5. The number of carbonyl (C=O) groups excluding carboxylic acids is 1. The summed E-state index contributed by atoms with van der Waals surface area (Å²) in [6.07, 6.45) is 6.95. The smallest absolute Gasteiger partial charge is 0.227 e. The minimum Gasteiger partial charge on any atom is -0.342 e. The highest BCUT2D eigenvalue weighted by Gasteiger charge is 2.26. The molecule has 1 amide bonds. The summed E-state index contributed by atoms with van der Waals surface area (Å²) in [7, 11) is 0. The summed E-state index contributed by atoms with van der Waals surface area (Å²) in [6.45, 7) is 5.79. The Morgan fingerprint density at radius 2 is 1.87 bits per heavy atom. The van der Waals surface area contributed by atoms with Crippen LogP contribution in [0, 0.1) is 13.8 Å². The summed E-state index contributed by atoms with van der Waals surface area (Å²) in [5, 5.41) is 0. The van der Waals surface area contributed by atoms with Crippen LogP contribution in [0.3, 0.4) is 0 Å². The van der Waals surface area contributed by atoms with Crippen molar-refractivity contribution in [1.29, 1.82) is 0 Å². The first-order valence-corrected chi connectivity index (χ1v) is 10.8. The molecule has 1 aromatic carbocycles. The lowest BCUT2D eigenvalue weighted by Crippen LogP contribution is -2.40. The predicted molar refractivity (Wildman–Crippen MR) is 119 cm³/mol. The molecule has 1 saturated heterocycles. The summed E-state index contributed by atoms with van der Waals surface area (Å²) >= 11 is 0. The molecule has 4 rings (SSSR count). The fourth-order valence-corrected chi connectivity index (χ4v) is 4.37. The molecule has 4 heteroatoms. The van der Waals surface area contributed by atoms with Crippen molar-refractivity contribution < 1.29 is 4.79 Å². The highest BCUT2D eigenvalue weighted by Crippen LogP contribution is 2.27. The van der Waals surface area contributed by atoms with Crippen molar-refractivity contribution in [3.63, 3.8) is 0 Å². The van der Waals surface area contributed by atoms with Gasteiger partial charge in [0.05, 0.1) is 6.42 Å². The number of piperidine rings is 1. The number of amides is 1. The van der Waals surface area contributed by atoms with Crippen molar-refractivity contribution in [3.05, 3.63) is 94.6 Å². The van der Waals surface area contributed by atoms with E-state index in [9.17, 15) is 4.79 Å². The van der Waals surface area contributed by atoms with Gasteiger partial charge < -0.3 is 4.90 Å². The van der Waals surface area contributed by atoms with Gasteiger partial charge in [-0.1, -0.05) is 29.8 Å². The van der Waals surface area contributed by atoms with Crippen molar-refractivity contribution in [2.75, 3.05) is 13.1 Å². The molecule has 1 aliphatic heterocycles. The molecule has 0 aliphatic carbocycles. The quantitative estimate of drug-likeness (QED) is 0.628. The van der Waals surface area contributed by atoms with Crippen molar-refractivity contribution in [2.24, 2.45) is 0 Å². The van der Waals surface area contributed by atoms with E-state index in [-0.39, 0.29) is 5.91 Å². The van der Waals surface area contributed by atoms with Gasteiger partial charge in [-0.25, -0.2) is 0 Å². The number of nitrogens with zero attached hydrogens (tertiary/aromatic N) is 3. The predicted octanol–water partition coefficient (Wildman–Crippen LogP) is 4.63. The summed E-state index contributed by atoms with van der Waals surface area (Å²) in [6, 6.07) is 16.9. The highest BCUT2D eigenvalue weighted by molar-refractivity contribution is 5.78. The van der Waals surface area contributed by atoms with E-state index < -0.39 is 0 Å². The molecule has 30 heavy (non-hydrogen) atoms. The minimum absolute atomic E-state index is 0.193. The second-order valence-electron chi connectivity index (χ2n) is 8.42. The average molecular weight is 400 g/mol. The molecule has 154 valence electrons. The molecule has 1 aliphatic rings. The number of pyridine rings is 2. The summed E-state index contributed by atoms with van der Waals surface area (Å²) < 4.78 is 0. The molecule has 1 fully saturated rings. The molecule has 0 saturated carbocycles. The average Bonchev–Trinajstić information content (AvgIpc) is 2.74. The lowest BCUT2D eigenvalue weighted by molar-refractivity contribution is -0.131. The Morgan fingerprint density at radius 1 is 1.03 bits per heavy atom. The normalized spacial score (nSPS) is 16.5. The second-order valence-corrected chi connectivity index (χ2v) is 8.42. The third kappa shape index (κ3) is 5.12. The number of carbonyl (C=O) groups is 1. The van der Waals surface area contributed by atoms with E-state index in [2.05, 4.69) is 55.2 Å².